The van der Waals surface area contributed by atoms with Crippen molar-refractivity contribution in [3.63, 3.8) is 0 Å². The second-order valence-corrected chi connectivity index (χ2v) is 8.06. The molecule has 1 aliphatic rings. The van der Waals surface area contributed by atoms with Gasteiger partial charge in [0.1, 0.15) is 0 Å². The Morgan fingerprint density at radius 3 is 2.04 bits per heavy atom. The van der Waals surface area contributed by atoms with E-state index in [0.29, 0.717) is 0 Å². The molecule has 1 aliphatic carbocycles. The molecule has 1 fully saturated rings. The summed E-state index contributed by atoms with van der Waals surface area (Å²) in [6, 6.07) is 17.7. The van der Waals surface area contributed by atoms with Crippen molar-refractivity contribution >= 4 is 0 Å². The van der Waals surface area contributed by atoms with Crippen molar-refractivity contribution in [2.24, 2.45) is 5.92 Å². The Morgan fingerprint density at radius 1 is 0.852 bits per heavy atom. The molecule has 140 valence electrons. The molecule has 0 amide bonds. The van der Waals surface area contributed by atoms with E-state index in [2.05, 4.69) is 73.9 Å². The summed E-state index contributed by atoms with van der Waals surface area (Å²) in [4.78, 5) is 0. The van der Waals surface area contributed by atoms with E-state index in [9.17, 15) is 0 Å². The number of hydrogen-bond donors (Lipinski definition) is 0. The van der Waals surface area contributed by atoms with Gasteiger partial charge in [-0.2, -0.15) is 0 Å². The zero-order valence-electron chi connectivity index (χ0n) is 16.7. The Morgan fingerprint density at radius 2 is 1.44 bits per heavy atom. The molecule has 27 heavy (non-hydrogen) atoms. The first-order valence-electron chi connectivity index (χ1n) is 10.6. The van der Waals surface area contributed by atoms with Gasteiger partial charge < -0.3 is 0 Å². The standard InChI is InChI=1S/C27H32/c1-3-4-5-6-7-23-10-12-24(13-11-23)14-15-25-16-20-27(21-17-25)26-18-8-22(2)9-19-26/h3,10-13,16-17,20-22,26H,1,4-9,18-19H2,2H3. The maximum atomic E-state index is 3.78. The molecule has 0 saturated heterocycles. The second kappa shape index (κ2) is 10.2. The summed E-state index contributed by atoms with van der Waals surface area (Å²) in [5, 5.41) is 0. The number of hydrogen-bond acceptors (Lipinski definition) is 0. The molecule has 2 aromatic carbocycles. The average Bonchev–Trinajstić information content (AvgIpc) is 2.72. The predicted octanol–water partition coefficient (Wildman–Crippen LogP) is 7.28. The van der Waals surface area contributed by atoms with Crippen molar-refractivity contribution in [2.45, 2.75) is 64.2 Å². The highest BCUT2D eigenvalue weighted by molar-refractivity contribution is 5.44. The van der Waals surface area contributed by atoms with E-state index in [-0.39, 0.29) is 0 Å². The highest BCUT2D eigenvalue weighted by Gasteiger charge is 2.19. The molecule has 3 rings (SSSR count). The fourth-order valence-corrected chi connectivity index (χ4v) is 3.95. The van der Waals surface area contributed by atoms with Gasteiger partial charge in [-0.3, -0.25) is 0 Å². The van der Waals surface area contributed by atoms with E-state index in [1.807, 2.05) is 6.08 Å². The van der Waals surface area contributed by atoms with Crippen LogP contribution in [0.2, 0.25) is 0 Å². The van der Waals surface area contributed by atoms with Crippen molar-refractivity contribution < 1.29 is 0 Å². The monoisotopic (exact) mass is 356 g/mol. The number of allylic oxidation sites excluding steroid dienone is 1. The predicted molar refractivity (Wildman–Crippen MR) is 117 cm³/mol. The van der Waals surface area contributed by atoms with Crippen molar-refractivity contribution in [1.29, 1.82) is 0 Å². The van der Waals surface area contributed by atoms with Gasteiger partial charge in [0.2, 0.25) is 0 Å². The molecule has 0 radical (unpaired) electrons. The molecule has 0 unspecified atom stereocenters. The molecule has 0 heterocycles. The van der Waals surface area contributed by atoms with E-state index >= 15 is 0 Å². The summed E-state index contributed by atoms with van der Waals surface area (Å²) in [5.74, 6) is 8.28. The molecule has 0 bridgehead atoms. The lowest BCUT2D eigenvalue weighted by molar-refractivity contribution is 0.348. The second-order valence-electron chi connectivity index (χ2n) is 8.06. The highest BCUT2D eigenvalue weighted by atomic mass is 14.2. The van der Waals surface area contributed by atoms with Crippen LogP contribution >= 0.6 is 0 Å². The quantitative estimate of drug-likeness (QED) is 0.290. The molecule has 0 N–H and O–H groups in total. The first-order valence-corrected chi connectivity index (χ1v) is 10.6. The summed E-state index contributed by atoms with van der Waals surface area (Å²) in [7, 11) is 0. The van der Waals surface area contributed by atoms with Crippen LogP contribution < -0.4 is 0 Å². The van der Waals surface area contributed by atoms with Crippen LogP contribution in [0, 0.1) is 17.8 Å². The van der Waals surface area contributed by atoms with Gasteiger partial charge in [-0.05, 0) is 85.8 Å². The number of rotatable bonds is 6. The Kier molecular flexibility index (Phi) is 7.35. The van der Waals surface area contributed by atoms with Gasteiger partial charge in [0.15, 0.2) is 0 Å². The molecule has 0 aliphatic heterocycles. The maximum absolute atomic E-state index is 3.78. The van der Waals surface area contributed by atoms with Crippen LogP contribution in [0.5, 0.6) is 0 Å². The number of aryl methyl sites for hydroxylation is 1. The molecule has 0 spiro atoms. The Labute approximate surface area is 165 Å². The van der Waals surface area contributed by atoms with Crippen molar-refractivity contribution in [2.75, 3.05) is 0 Å². The van der Waals surface area contributed by atoms with Gasteiger partial charge >= 0.3 is 0 Å². The van der Waals surface area contributed by atoms with Crippen molar-refractivity contribution in [1.82, 2.24) is 0 Å². The van der Waals surface area contributed by atoms with Crippen LogP contribution in [-0.2, 0) is 6.42 Å². The third-order valence-electron chi connectivity index (χ3n) is 5.83. The number of benzene rings is 2. The third kappa shape index (κ3) is 6.14. The summed E-state index contributed by atoms with van der Waals surface area (Å²) in [6.07, 6.45) is 12.1. The molecule has 0 nitrogen and oxygen atoms in total. The van der Waals surface area contributed by atoms with E-state index < -0.39 is 0 Å². The molecule has 1 saturated carbocycles. The maximum Gasteiger partial charge on any atom is 0.0249 e. The first kappa shape index (κ1) is 19.5. The summed E-state index contributed by atoms with van der Waals surface area (Å²) >= 11 is 0. The third-order valence-corrected chi connectivity index (χ3v) is 5.83. The average molecular weight is 357 g/mol. The van der Waals surface area contributed by atoms with Crippen LogP contribution in [0.4, 0.5) is 0 Å². The fraction of sp³-hybridized carbons (Fsp3) is 0.407. The minimum absolute atomic E-state index is 0.752. The van der Waals surface area contributed by atoms with Gasteiger partial charge in [0.25, 0.3) is 0 Å². The molecule has 2 aromatic rings. The van der Waals surface area contributed by atoms with Crippen molar-refractivity contribution in [3.8, 4) is 11.8 Å². The van der Waals surface area contributed by atoms with Gasteiger partial charge in [-0.25, -0.2) is 0 Å². The lowest BCUT2D eigenvalue weighted by Crippen LogP contribution is -2.10. The zero-order chi connectivity index (χ0) is 18.9. The van der Waals surface area contributed by atoms with Gasteiger partial charge in [0.05, 0.1) is 0 Å². The summed E-state index contributed by atoms with van der Waals surface area (Å²) in [6.45, 7) is 6.16. The zero-order valence-corrected chi connectivity index (χ0v) is 16.7. The first-order chi connectivity index (χ1) is 13.2. The van der Waals surface area contributed by atoms with E-state index in [0.717, 1.165) is 35.8 Å². The Balaban J connectivity index is 1.54. The molecule has 0 atom stereocenters. The van der Waals surface area contributed by atoms with Crippen LogP contribution in [0.15, 0.2) is 61.2 Å². The molecule has 0 aromatic heterocycles. The topological polar surface area (TPSA) is 0 Å². The summed E-state index contributed by atoms with van der Waals surface area (Å²) in [5.41, 5.74) is 5.09. The van der Waals surface area contributed by atoms with E-state index in [1.54, 1.807) is 0 Å². The largest absolute Gasteiger partial charge is 0.103 e. The lowest BCUT2D eigenvalue weighted by atomic mass is 9.79. The highest BCUT2D eigenvalue weighted by Crippen LogP contribution is 2.35. The molecular formula is C27H32. The van der Waals surface area contributed by atoms with Crippen LogP contribution in [-0.4, -0.2) is 0 Å². The minimum Gasteiger partial charge on any atom is -0.103 e. The van der Waals surface area contributed by atoms with Gasteiger partial charge in [-0.1, -0.05) is 61.9 Å². The van der Waals surface area contributed by atoms with Crippen LogP contribution in [0.3, 0.4) is 0 Å². The van der Waals surface area contributed by atoms with E-state index in [4.69, 9.17) is 0 Å². The molecule has 0 heteroatoms. The summed E-state index contributed by atoms with van der Waals surface area (Å²) < 4.78 is 0. The smallest absolute Gasteiger partial charge is 0.0249 e. The SMILES string of the molecule is C=CCCCCc1ccc(C#Cc2ccc(C3CCC(C)CC3)cc2)cc1. The normalized spacial score (nSPS) is 19.1. The van der Waals surface area contributed by atoms with Gasteiger partial charge in [0, 0.05) is 11.1 Å². The van der Waals surface area contributed by atoms with Gasteiger partial charge in [-0.15, -0.1) is 6.58 Å². The molecular weight excluding hydrogens is 324 g/mol. The lowest BCUT2D eigenvalue weighted by Gasteiger charge is -2.26. The minimum atomic E-state index is 0.752. The number of unbranched alkanes of at least 4 members (excludes halogenated alkanes) is 2. The van der Waals surface area contributed by atoms with E-state index in [1.165, 1.54) is 49.7 Å². The Bertz CT molecular complexity index is 760. The fourth-order valence-electron chi connectivity index (χ4n) is 3.95. The Hall–Kier alpha value is -2.26. The van der Waals surface area contributed by atoms with Crippen LogP contribution in [0.25, 0.3) is 0 Å². The van der Waals surface area contributed by atoms with Crippen molar-refractivity contribution in [3.05, 3.63) is 83.4 Å². The van der Waals surface area contributed by atoms with Crippen LogP contribution in [0.1, 0.15) is 80.0 Å².